The Morgan fingerprint density at radius 2 is 0.636 bits per heavy atom. The Labute approximate surface area is 698 Å². The zero-order valence-electron chi connectivity index (χ0n) is 73.3. The molecular weight excluding hydrogens is 1440 g/mol. The number of hydrogen-bond acceptors (Lipinski definition) is 8. The summed E-state index contributed by atoms with van der Waals surface area (Å²) in [5, 5.41) is 4.89. The van der Waals surface area contributed by atoms with E-state index in [9.17, 15) is 0 Å². The van der Waals surface area contributed by atoms with Gasteiger partial charge in [-0.1, -0.05) is 118 Å². The first-order chi connectivity index (χ1) is 56.4. The predicted molar refractivity (Wildman–Crippen MR) is 486 cm³/mol. The van der Waals surface area contributed by atoms with Gasteiger partial charge in [0, 0.05) is 164 Å². The first-order valence-corrected chi connectivity index (χ1v) is 41.7. The van der Waals surface area contributed by atoms with Gasteiger partial charge >= 0.3 is 0 Å². The van der Waals surface area contributed by atoms with E-state index in [-0.39, 0.29) is 5.41 Å². The van der Waals surface area contributed by atoms with Gasteiger partial charge in [-0.25, -0.2) is 19.9 Å². The van der Waals surface area contributed by atoms with E-state index in [0.29, 0.717) is 11.8 Å². The normalized spacial score (nSPS) is 12.3. The summed E-state index contributed by atoms with van der Waals surface area (Å²) in [4.78, 5) is 36.8. The second-order valence-electron chi connectivity index (χ2n) is 34.7. The lowest BCUT2D eigenvalue weighted by Crippen LogP contribution is -2.32. The third kappa shape index (κ3) is 17.8. The summed E-state index contributed by atoms with van der Waals surface area (Å²) in [7, 11) is 8.60. The Morgan fingerprint density at radius 1 is 0.322 bits per heavy atom. The first-order valence-electron chi connectivity index (χ1n) is 41.7. The minimum absolute atomic E-state index is 0.181. The van der Waals surface area contributed by atoms with Crippen LogP contribution < -0.4 is 18.3 Å². The van der Waals surface area contributed by atoms with Crippen LogP contribution in [-0.4, -0.2) is 39.9 Å². The number of hydrogen-bond donors (Lipinski definition) is 0. The number of aromatic nitrogens is 12. The van der Waals surface area contributed by atoms with Crippen LogP contribution in [0.2, 0.25) is 0 Å². The minimum Gasteiger partial charge on any atom is -0.258 e. The highest BCUT2D eigenvalue weighted by molar-refractivity contribution is 5.87. The van der Waals surface area contributed by atoms with E-state index in [0.717, 1.165) is 74.2 Å². The fraction of sp³-hybridized carbons (Fsp3) is 0.283. The molecule has 1 aliphatic carbocycles. The Balaban J connectivity index is 0.000000129. The van der Waals surface area contributed by atoms with Crippen molar-refractivity contribution in [3.05, 3.63) is 309 Å². The number of pyridine rings is 4. The van der Waals surface area contributed by atoms with E-state index in [4.69, 9.17) is 9.97 Å². The van der Waals surface area contributed by atoms with Crippen LogP contribution in [0, 0.1) is 95.4 Å². The molecule has 1 saturated carbocycles. The number of rotatable bonds is 11. The smallest absolute Gasteiger partial charge is 0.213 e. The topological polar surface area (TPSA) is 119 Å². The molecule has 0 spiro atoms. The molecule has 0 amide bonds. The molecule has 12 nitrogen and oxygen atoms in total. The zero-order valence-corrected chi connectivity index (χ0v) is 73.3. The Morgan fingerprint density at radius 3 is 0.949 bits per heavy atom. The van der Waals surface area contributed by atoms with Gasteiger partial charge in [-0.2, -0.15) is 18.3 Å². The van der Waals surface area contributed by atoms with Crippen molar-refractivity contribution >= 4 is 43.6 Å². The molecule has 0 aliphatic heterocycles. The Kier molecular flexibility index (Phi) is 24.0. The van der Waals surface area contributed by atoms with Crippen molar-refractivity contribution in [1.82, 2.24) is 39.9 Å². The molecule has 0 bridgehead atoms. The fourth-order valence-electron chi connectivity index (χ4n) is 16.8. The van der Waals surface area contributed by atoms with E-state index in [1.54, 1.807) is 0 Å². The highest BCUT2D eigenvalue weighted by Gasteiger charge is 2.26. The molecule has 0 unspecified atom stereocenters. The average molecular weight is 1560 g/mol. The molecule has 1 fully saturated rings. The molecule has 8 aromatic heterocycles. The molecule has 118 heavy (non-hydrogen) atoms. The highest BCUT2D eigenvalue weighted by atomic mass is 15.0. The van der Waals surface area contributed by atoms with Gasteiger partial charge in [-0.05, 0) is 243 Å². The van der Waals surface area contributed by atoms with Gasteiger partial charge in [0.25, 0.3) is 0 Å². The van der Waals surface area contributed by atoms with Crippen molar-refractivity contribution in [3.63, 3.8) is 0 Å². The van der Waals surface area contributed by atoms with Gasteiger partial charge in [0.1, 0.15) is 39.8 Å². The molecule has 17 rings (SSSR count). The quantitative estimate of drug-likeness (QED) is 0.118. The molecule has 1 aliphatic rings. The van der Waals surface area contributed by atoms with Crippen LogP contribution in [0.25, 0.3) is 133 Å². The lowest BCUT2D eigenvalue weighted by molar-refractivity contribution is -0.633. The second-order valence-corrected chi connectivity index (χ2v) is 34.7. The van der Waals surface area contributed by atoms with Crippen molar-refractivity contribution in [1.29, 1.82) is 0 Å². The maximum Gasteiger partial charge on any atom is 0.213 e. The van der Waals surface area contributed by atoms with Crippen LogP contribution in [0.3, 0.4) is 0 Å². The molecule has 0 saturated heterocycles. The predicted octanol–water partition coefficient (Wildman–Crippen LogP) is 23.5. The monoisotopic (exact) mass is 1550 g/mol. The lowest BCUT2D eigenvalue weighted by Gasteiger charge is -2.16. The van der Waals surface area contributed by atoms with Gasteiger partial charge in [-0.3, -0.25) is 19.9 Å². The fourth-order valence-corrected chi connectivity index (χ4v) is 16.8. The molecule has 0 atom stereocenters. The van der Waals surface area contributed by atoms with Crippen molar-refractivity contribution in [3.8, 4) is 89.8 Å². The van der Waals surface area contributed by atoms with Crippen LogP contribution in [0.15, 0.2) is 219 Å². The van der Waals surface area contributed by atoms with Crippen molar-refractivity contribution in [2.45, 2.75) is 169 Å². The SMILES string of the molecule is Cc1cc(C)c(C)c(-c2ccc3ccc(-c4cnc(C(C)C)cn4)cc3[n+]2C)c1.Cc1cc(C)c(C)c(-c2ccc3ccc(-c4cnc(C)cn4)cc3[n+]2C)c1.Cc1cc(C)c(C)c(-c2ccc3ccc(-c4cnc(C5CCCC5)nc4)cc3[n+]2C)c1.Cc1cc(C)c(C)c(-c2ccc3ccc(-c4cnc(CC(C)(C)C)nc4)cc3[n+]2C)c1. The summed E-state index contributed by atoms with van der Waals surface area (Å²) in [6.07, 6.45) is 21.3. The van der Waals surface area contributed by atoms with Crippen molar-refractivity contribution in [2.75, 3.05) is 0 Å². The minimum atomic E-state index is 0.181. The second kappa shape index (κ2) is 34.5. The number of fused-ring (bicyclic) bond motifs is 4. The number of benzene rings is 8. The van der Waals surface area contributed by atoms with Crippen LogP contribution in [0.4, 0.5) is 0 Å². The van der Waals surface area contributed by atoms with E-state index in [1.807, 2.05) is 56.5 Å². The molecule has 8 aromatic carbocycles. The molecule has 16 aromatic rings. The molecular formula is C106H114N12+4. The zero-order chi connectivity index (χ0) is 83.7. The summed E-state index contributed by atoms with van der Waals surface area (Å²) in [6, 6.07) is 62.1. The maximum atomic E-state index is 4.72. The number of aryl methyl sites for hydroxylation is 13. The summed E-state index contributed by atoms with van der Waals surface area (Å²) in [6.45, 7) is 39.1. The summed E-state index contributed by atoms with van der Waals surface area (Å²) < 4.78 is 9.18. The Bertz CT molecular complexity index is 6470. The molecule has 594 valence electrons. The van der Waals surface area contributed by atoms with Gasteiger partial charge in [0.05, 0.1) is 35.2 Å². The number of nitrogens with zero attached hydrogens (tertiary/aromatic N) is 12. The molecule has 12 heteroatoms. The standard InChI is InChI=1S/C28H30N3.C28H32N3.C26H28N3.C24H24N3/c1-18-13-19(2)20(3)25(14-18)26-12-11-21-9-10-23(15-27(21)31(26)4)24-16-29-28(30-17-24)22-7-5-6-8-22;1-18-12-19(2)20(3)24(13-18)25-11-10-21-8-9-22(14-26(21)31(25)7)23-16-29-27(30-17-23)15-28(4,5)6;1-16(2)23-14-28-24(15-27-23)21-8-7-20-9-10-25(29(6)26(20)13-21)22-12-17(3)11-18(4)19(22)5;1-15-10-16(2)18(4)21(11-15)23-9-8-19-6-7-20(12-24(19)27(23)5)22-14-25-17(3)13-26-22/h9-17,22H,5-8H2,1-4H3;8-14,16-17H,15H2,1-7H3;7-16H,1-6H3;6-14H,1-5H3/q4*+1. The largest absolute Gasteiger partial charge is 0.258 e. The summed E-state index contributed by atoms with van der Waals surface area (Å²) in [5.41, 5.74) is 41.2. The van der Waals surface area contributed by atoms with Gasteiger partial charge in [-0.15, -0.1) is 0 Å². The van der Waals surface area contributed by atoms with Crippen LogP contribution in [-0.2, 0) is 34.6 Å². The third-order valence-electron chi connectivity index (χ3n) is 24.1. The van der Waals surface area contributed by atoms with Gasteiger partial charge in [0.15, 0.2) is 0 Å². The van der Waals surface area contributed by atoms with Crippen LogP contribution >= 0.6 is 0 Å². The first kappa shape index (κ1) is 82.3. The van der Waals surface area contributed by atoms with E-state index in [2.05, 4.69) is 364 Å². The molecule has 8 heterocycles. The highest BCUT2D eigenvalue weighted by Crippen LogP contribution is 2.37. The molecule has 0 N–H and O–H groups in total. The summed E-state index contributed by atoms with van der Waals surface area (Å²) >= 11 is 0. The average Bonchev–Trinajstić information content (AvgIpc) is 0.801. The lowest BCUT2D eigenvalue weighted by atomic mass is 9.92. The maximum absolute atomic E-state index is 4.72. The van der Waals surface area contributed by atoms with Gasteiger partial charge < -0.3 is 0 Å². The van der Waals surface area contributed by atoms with E-state index >= 15 is 0 Å². The van der Waals surface area contributed by atoms with Crippen molar-refractivity contribution in [2.24, 2.45) is 33.6 Å². The van der Waals surface area contributed by atoms with Crippen LogP contribution in [0.5, 0.6) is 0 Å². The van der Waals surface area contributed by atoms with Gasteiger partial charge in [0.2, 0.25) is 44.8 Å². The Hall–Kier alpha value is -12.3. The van der Waals surface area contributed by atoms with Crippen molar-refractivity contribution < 1.29 is 18.3 Å². The van der Waals surface area contributed by atoms with E-state index < -0.39 is 0 Å². The molecule has 0 radical (unpaired) electrons. The summed E-state index contributed by atoms with van der Waals surface area (Å²) in [5.74, 6) is 2.84. The van der Waals surface area contributed by atoms with Crippen LogP contribution in [0.1, 0.15) is 162 Å². The van der Waals surface area contributed by atoms with E-state index in [1.165, 1.54) is 181 Å². The third-order valence-corrected chi connectivity index (χ3v) is 24.1.